The van der Waals surface area contributed by atoms with Crippen LogP contribution in [0.4, 0.5) is 4.39 Å². The van der Waals surface area contributed by atoms with Crippen LogP contribution in [0.2, 0.25) is 0 Å². The van der Waals surface area contributed by atoms with Gasteiger partial charge in [-0.25, -0.2) is 4.39 Å². The number of guanidine groups is 1. The molecular formula is C16H17BrFN3. The molecule has 2 aromatic carbocycles. The van der Waals surface area contributed by atoms with Crippen molar-refractivity contribution >= 4 is 21.9 Å². The van der Waals surface area contributed by atoms with Crippen LogP contribution in [0.5, 0.6) is 0 Å². The lowest BCUT2D eigenvalue weighted by molar-refractivity contribution is 0.624. The maximum absolute atomic E-state index is 13.1. The van der Waals surface area contributed by atoms with Crippen molar-refractivity contribution in [1.29, 1.82) is 0 Å². The molecule has 0 spiro atoms. The quantitative estimate of drug-likeness (QED) is 0.655. The van der Waals surface area contributed by atoms with Crippen molar-refractivity contribution in [3.8, 4) is 0 Å². The van der Waals surface area contributed by atoms with Crippen molar-refractivity contribution < 1.29 is 4.39 Å². The van der Waals surface area contributed by atoms with Gasteiger partial charge in [0.2, 0.25) is 0 Å². The summed E-state index contributed by atoms with van der Waals surface area (Å²) in [6.45, 7) is 1.19. The standard InChI is InChI=1S/C16H17BrFN3/c1-19-16(20-10-12-4-2-6-14(17)8-12)21-11-13-5-3-7-15(18)9-13/h2-9H,10-11H2,1H3,(H2,19,20,21). The molecule has 110 valence electrons. The largest absolute Gasteiger partial charge is 0.352 e. The summed E-state index contributed by atoms with van der Waals surface area (Å²) in [7, 11) is 1.71. The highest BCUT2D eigenvalue weighted by Gasteiger charge is 2.00. The van der Waals surface area contributed by atoms with E-state index < -0.39 is 0 Å². The summed E-state index contributed by atoms with van der Waals surface area (Å²) in [6.07, 6.45) is 0. The van der Waals surface area contributed by atoms with Gasteiger partial charge in [-0.15, -0.1) is 0 Å². The van der Waals surface area contributed by atoms with Crippen LogP contribution >= 0.6 is 15.9 Å². The normalized spacial score (nSPS) is 11.3. The molecule has 0 aliphatic carbocycles. The summed E-state index contributed by atoms with van der Waals surface area (Å²) in [4.78, 5) is 4.15. The van der Waals surface area contributed by atoms with Gasteiger partial charge in [0.15, 0.2) is 5.96 Å². The Bertz CT molecular complexity index is 577. The number of hydrogen-bond acceptors (Lipinski definition) is 1. The number of nitrogens with one attached hydrogen (secondary N) is 2. The highest BCUT2D eigenvalue weighted by atomic mass is 79.9. The molecule has 21 heavy (non-hydrogen) atoms. The predicted octanol–water partition coefficient (Wildman–Crippen LogP) is 3.45. The first kappa shape index (κ1) is 15.5. The predicted molar refractivity (Wildman–Crippen MR) is 87.6 cm³/mol. The number of halogens is 2. The molecule has 0 saturated carbocycles. The van der Waals surface area contributed by atoms with Gasteiger partial charge in [0.1, 0.15) is 5.82 Å². The Morgan fingerprint density at radius 3 is 2.24 bits per heavy atom. The molecule has 0 unspecified atom stereocenters. The molecule has 0 aromatic heterocycles. The Morgan fingerprint density at radius 2 is 1.67 bits per heavy atom. The molecule has 0 aliphatic heterocycles. The molecule has 2 aromatic rings. The SMILES string of the molecule is CN=C(NCc1cccc(F)c1)NCc1cccc(Br)c1. The van der Waals surface area contributed by atoms with Crippen LogP contribution in [0.15, 0.2) is 58.0 Å². The fraction of sp³-hybridized carbons (Fsp3) is 0.188. The molecule has 3 nitrogen and oxygen atoms in total. The molecule has 5 heteroatoms. The summed E-state index contributed by atoms with van der Waals surface area (Å²) in [6, 6.07) is 14.6. The molecule has 0 bridgehead atoms. The van der Waals surface area contributed by atoms with Gasteiger partial charge in [-0.3, -0.25) is 4.99 Å². The second-order valence-corrected chi connectivity index (χ2v) is 5.45. The molecule has 0 fully saturated rings. The molecule has 2 N–H and O–H groups in total. The summed E-state index contributed by atoms with van der Waals surface area (Å²) in [5, 5.41) is 6.38. The lowest BCUT2D eigenvalue weighted by atomic mass is 10.2. The summed E-state index contributed by atoms with van der Waals surface area (Å²) in [5.41, 5.74) is 2.03. The smallest absolute Gasteiger partial charge is 0.191 e. The lowest BCUT2D eigenvalue weighted by Crippen LogP contribution is -2.36. The number of hydrogen-bond donors (Lipinski definition) is 2. The second kappa shape index (κ2) is 7.78. The van der Waals surface area contributed by atoms with E-state index in [4.69, 9.17) is 0 Å². The van der Waals surface area contributed by atoms with Crippen LogP contribution in [0.25, 0.3) is 0 Å². The zero-order chi connectivity index (χ0) is 15.1. The van der Waals surface area contributed by atoms with Crippen LogP contribution in [0, 0.1) is 5.82 Å². The lowest BCUT2D eigenvalue weighted by Gasteiger charge is -2.12. The second-order valence-electron chi connectivity index (χ2n) is 4.54. The number of aliphatic imine (C=N–C) groups is 1. The third-order valence-corrected chi connectivity index (χ3v) is 3.41. The van der Waals surface area contributed by atoms with Crippen LogP contribution in [-0.4, -0.2) is 13.0 Å². The van der Waals surface area contributed by atoms with E-state index in [9.17, 15) is 4.39 Å². The van der Waals surface area contributed by atoms with E-state index in [0.717, 1.165) is 15.6 Å². The third-order valence-electron chi connectivity index (χ3n) is 2.92. The Morgan fingerprint density at radius 1 is 1.05 bits per heavy atom. The highest BCUT2D eigenvalue weighted by molar-refractivity contribution is 9.10. The van der Waals surface area contributed by atoms with Crippen molar-refractivity contribution in [1.82, 2.24) is 10.6 Å². The Labute approximate surface area is 132 Å². The van der Waals surface area contributed by atoms with Crippen molar-refractivity contribution in [3.05, 3.63) is 69.9 Å². The van der Waals surface area contributed by atoms with Crippen LogP contribution in [0.3, 0.4) is 0 Å². The van der Waals surface area contributed by atoms with Gasteiger partial charge >= 0.3 is 0 Å². The molecule has 0 radical (unpaired) electrons. The topological polar surface area (TPSA) is 36.4 Å². The number of benzene rings is 2. The van der Waals surface area contributed by atoms with E-state index in [0.29, 0.717) is 19.0 Å². The molecule has 2 rings (SSSR count). The van der Waals surface area contributed by atoms with E-state index in [-0.39, 0.29) is 5.82 Å². The van der Waals surface area contributed by atoms with Gasteiger partial charge in [-0.05, 0) is 35.4 Å². The van der Waals surface area contributed by atoms with E-state index in [1.54, 1.807) is 13.1 Å². The van der Waals surface area contributed by atoms with Gasteiger partial charge in [0.05, 0.1) is 0 Å². The van der Waals surface area contributed by atoms with E-state index in [1.807, 2.05) is 30.3 Å². The maximum atomic E-state index is 13.1. The van der Waals surface area contributed by atoms with Crippen molar-refractivity contribution in [3.63, 3.8) is 0 Å². The van der Waals surface area contributed by atoms with E-state index in [2.05, 4.69) is 31.6 Å². The van der Waals surface area contributed by atoms with Crippen LogP contribution in [0.1, 0.15) is 11.1 Å². The fourth-order valence-electron chi connectivity index (χ4n) is 1.89. The first-order chi connectivity index (χ1) is 10.2. The van der Waals surface area contributed by atoms with Gasteiger partial charge in [0.25, 0.3) is 0 Å². The average Bonchev–Trinajstić information content (AvgIpc) is 2.47. The van der Waals surface area contributed by atoms with Gasteiger partial charge in [-0.1, -0.05) is 40.2 Å². The average molecular weight is 350 g/mol. The van der Waals surface area contributed by atoms with E-state index in [1.165, 1.54) is 12.1 Å². The summed E-state index contributed by atoms with van der Waals surface area (Å²) in [5.74, 6) is 0.450. The molecular weight excluding hydrogens is 333 g/mol. The fourth-order valence-corrected chi connectivity index (χ4v) is 2.33. The monoisotopic (exact) mass is 349 g/mol. The zero-order valence-corrected chi connectivity index (χ0v) is 13.3. The molecule has 0 aliphatic rings. The van der Waals surface area contributed by atoms with E-state index >= 15 is 0 Å². The zero-order valence-electron chi connectivity index (χ0n) is 11.7. The minimum Gasteiger partial charge on any atom is -0.352 e. The first-order valence-corrected chi connectivity index (χ1v) is 7.40. The van der Waals surface area contributed by atoms with Crippen molar-refractivity contribution in [2.75, 3.05) is 7.05 Å². The first-order valence-electron chi connectivity index (χ1n) is 6.61. The van der Waals surface area contributed by atoms with Gasteiger partial charge in [0, 0.05) is 24.6 Å². The van der Waals surface area contributed by atoms with Crippen LogP contribution in [-0.2, 0) is 13.1 Å². The third kappa shape index (κ3) is 5.19. The van der Waals surface area contributed by atoms with Gasteiger partial charge < -0.3 is 10.6 Å². The number of nitrogens with zero attached hydrogens (tertiary/aromatic N) is 1. The summed E-state index contributed by atoms with van der Waals surface area (Å²) < 4.78 is 14.1. The maximum Gasteiger partial charge on any atom is 0.191 e. The highest BCUT2D eigenvalue weighted by Crippen LogP contribution is 2.11. The molecule has 0 atom stereocenters. The van der Waals surface area contributed by atoms with Crippen molar-refractivity contribution in [2.45, 2.75) is 13.1 Å². The molecule has 0 amide bonds. The minimum absolute atomic E-state index is 0.230. The Balaban J connectivity index is 1.86. The molecule has 0 saturated heterocycles. The van der Waals surface area contributed by atoms with Crippen LogP contribution < -0.4 is 10.6 Å². The van der Waals surface area contributed by atoms with Crippen molar-refractivity contribution in [2.24, 2.45) is 4.99 Å². The summed E-state index contributed by atoms with van der Waals surface area (Å²) >= 11 is 3.45. The Kier molecular flexibility index (Phi) is 5.75. The Hall–Kier alpha value is -1.88. The van der Waals surface area contributed by atoms with Gasteiger partial charge in [-0.2, -0.15) is 0 Å². The number of rotatable bonds is 4. The minimum atomic E-state index is -0.230. The molecule has 0 heterocycles.